The summed E-state index contributed by atoms with van der Waals surface area (Å²) < 4.78 is 11.2. The Labute approximate surface area is 407 Å². The van der Waals surface area contributed by atoms with Gasteiger partial charge in [0.1, 0.15) is 30.5 Å². The Morgan fingerprint density at radius 2 is 0.788 bits per heavy atom. The largest absolute Gasteiger partial charge is 0.394 e. The third kappa shape index (κ3) is 35.3. The zero-order valence-electron chi connectivity index (χ0n) is 43.3. The number of carbonyl (C=O) groups excluding carboxylic acids is 1. The Hall–Kier alpha value is -0.850. The third-order valence-electron chi connectivity index (χ3n) is 14.3. The van der Waals surface area contributed by atoms with Crippen molar-refractivity contribution in [3.05, 3.63) is 0 Å². The average molecular weight is 943 g/mol. The molecule has 0 saturated carbocycles. The van der Waals surface area contributed by atoms with E-state index in [4.69, 9.17) is 9.47 Å². The van der Waals surface area contributed by atoms with E-state index < -0.39 is 55.6 Å². The maximum absolute atomic E-state index is 13.1. The van der Waals surface area contributed by atoms with Crippen LogP contribution in [0, 0.1) is 0 Å². The SMILES string of the molecule is CCCCCCCCCCCCCCCCCCCCCCCCCC(=O)N[C@@H](CO[C@H]1O[C@H](CO)[C@H](O)[C@H](O)[C@H]1O)[C@H](O)[C@H](O)CCCCCCCCCCCCCCCCCCCC. The van der Waals surface area contributed by atoms with Crippen LogP contribution in [0.15, 0.2) is 0 Å². The molecule has 0 aromatic carbocycles. The van der Waals surface area contributed by atoms with Crippen LogP contribution in [0.3, 0.4) is 0 Å². The van der Waals surface area contributed by atoms with Crippen molar-refractivity contribution in [2.24, 2.45) is 0 Å². The second-order valence-electron chi connectivity index (χ2n) is 20.6. The van der Waals surface area contributed by atoms with E-state index in [-0.39, 0.29) is 18.9 Å². The summed E-state index contributed by atoms with van der Waals surface area (Å²) in [6.45, 7) is 3.66. The van der Waals surface area contributed by atoms with Gasteiger partial charge in [0.05, 0.1) is 25.4 Å². The minimum absolute atomic E-state index is 0.250. The summed E-state index contributed by atoms with van der Waals surface area (Å²) in [5.74, 6) is -0.250. The fourth-order valence-electron chi connectivity index (χ4n) is 9.67. The van der Waals surface area contributed by atoms with Gasteiger partial charge in [-0.3, -0.25) is 4.79 Å². The molecule has 1 amide bonds. The molecule has 0 spiro atoms. The molecule has 10 nitrogen and oxygen atoms in total. The van der Waals surface area contributed by atoms with E-state index in [1.165, 1.54) is 225 Å². The van der Waals surface area contributed by atoms with Gasteiger partial charge < -0.3 is 45.4 Å². The Balaban J connectivity index is 2.25. The van der Waals surface area contributed by atoms with E-state index in [1.807, 2.05) is 0 Å². The van der Waals surface area contributed by atoms with Gasteiger partial charge in [0.25, 0.3) is 0 Å². The average Bonchev–Trinajstić information content (AvgIpc) is 3.32. The van der Waals surface area contributed by atoms with Crippen LogP contribution >= 0.6 is 0 Å². The van der Waals surface area contributed by atoms with Crippen molar-refractivity contribution in [3.63, 3.8) is 0 Å². The molecule has 1 heterocycles. The van der Waals surface area contributed by atoms with Gasteiger partial charge in [-0.25, -0.2) is 0 Å². The molecule has 1 fully saturated rings. The Bertz CT molecular complexity index is 1020. The van der Waals surface area contributed by atoms with Gasteiger partial charge in [0.2, 0.25) is 5.91 Å². The van der Waals surface area contributed by atoms with E-state index in [1.54, 1.807) is 0 Å². The van der Waals surface area contributed by atoms with Gasteiger partial charge >= 0.3 is 0 Å². The van der Waals surface area contributed by atoms with Crippen molar-refractivity contribution in [2.75, 3.05) is 13.2 Å². The van der Waals surface area contributed by atoms with Gasteiger partial charge in [-0.15, -0.1) is 0 Å². The summed E-state index contributed by atoms with van der Waals surface area (Å²) in [5, 5.41) is 65.6. The molecule has 1 aliphatic rings. The fraction of sp³-hybridized carbons (Fsp3) is 0.982. The standard InChI is InChI=1S/C56H111NO9/c1-3-5-7-9-11-13-15-17-19-21-23-24-25-26-27-29-31-33-35-37-39-41-43-45-51(60)57-48(47-65-56-55(64)54(63)53(62)50(46-58)66-56)52(61)49(59)44-42-40-38-36-34-32-30-28-22-20-18-16-14-12-10-8-6-4-2/h48-50,52-56,58-59,61-64H,3-47H2,1-2H3,(H,57,60)/t48-,49+,50+,52-,53-,54-,55+,56-/m0/s1. The molecule has 0 aromatic heterocycles. The lowest BCUT2D eigenvalue weighted by molar-refractivity contribution is -0.303. The first-order chi connectivity index (χ1) is 32.3. The Morgan fingerprint density at radius 1 is 0.470 bits per heavy atom. The third-order valence-corrected chi connectivity index (χ3v) is 14.3. The number of carbonyl (C=O) groups is 1. The predicted molar refractivity (Wildman–Crippen MR) is 274 cm³/mol. The number of rotatable bonds is 50. The maximum Gasteiger partial charge on any atom is 0.220 e. The van der Waals surface area contributed by atoms with Crippen molar-refractivity contribution < 1.29 is 44.9 Å². The molecular formula is C56H111NO9. The van der Waals surface area contributed by atoms with Crippen molar-refractivity contribution in [1.82, 2.24) is 5.32 Å². The van der Waals surface area contributed by atoms with E-state index in [9.17, 15) is 35.4 Å². The quantitative estimate of drug-likeness (QED) is 0.0294. The minimum atomic E-state index is -1.60. The van der Waals surface area contributed by atoms with Crippen LogP contribution in [0.5, 0.6) is 0 Å². The summed E-state index contributed by atoms with van der Waals surface area (Å²) in [5.41, 5.74) is 0. The number of aliphatic hydroxyl groups excluding tert-OH is 6. The van der Waals surface area contributed by atoms with Crippen LogP contribution in [0.25, 0.3) is 0 Å². The summed E-state index contributed by atoms with van der Waals surface area (Å²) in [4.78, 5) is 13.1. The topological polar surface area (TPSA) is 169 Å². The first-order valence-electron chi connectivity index (χ1n) is 28.8. The van der Waals surface area contributed by atoms with Crippen LogP contribution in [0.1, 0.15) is 290 Å². The maximum atomic E-state index is 13.1. The Kier molecular flexibility index (Phi) is 44.5. The van der Waals surface area contributed by atoms with Crippen molar-refractivity contribution >= 4 is 5.91 Å². The molecule has 8 atom stereocenters. The molecular weight excluding hydrogens is 831 g/mol. The highest BCUT2D eigenvalue weighted by Gasteiger charge is 2.44. The summed E-state index contributed by atoms with van der Waals surface area (Å²) >= 11 is 0. The predicted octanol–water partition coefficient (Wildman–Crippen LogP) is 12.8. The lowest BCUT2D eigenvalue weighted by Gasteiger charge is -2.40. The molecule has 0 aromatic rings. The normalized spacial score (nSPS) is 20.2. The molecule has 1 aliphatic heterocycles. The van der Waals surface area contributed by atoms with Crippen LogP contribution in [0.4, 0.5) is 0 Å². The van der Waals surface area contributed by atoms with Crippen LogP contribution in [0.2, 0.25) is 0 Å². The molecule has 0 unspecified atom stereocenters. The lowest BCUT2D eigenvalue weighted by atomic mass is 9.98. The molecule has 1 rings (SSSR count). The van der Waals surface area contributed by atoms with Gasteiger partial charge in [-0.05, 0) is 12.8 Å². The molecule has 0 bridgehead atoms. The van der Waals surface area contributed by atoms with Crippen LogP contribution in [-0.2, 0) is 14.3 Å². The summed E-state index contributed by atoms with van der Waals surface area (Å²) in [6, 6.07) is -0.986. The number of hydrogen-bond acceptors (Lipinski definition) is 9. The highest BCUT2D eigenvalue weighted by Crippen LogP contribution is 2.24. The van der Waals surface area contributed by atoms with Gasteiger partial charge in [-0.1, -0.05) is 271 Å². The summed E-state index contributed by atoms with van der Waals surface area (Å²) in [6.07, 6.45) is 44.0. The number of aliphatic hydroxyl groups is 6. The highest BCUT2D eigenvalue weighted by molar-refractivity contribution is 5.76. The smallest absolute Gasteiger partial charge is 0.220 e. The molecule has 66 heavy (non-hydrogen) atoms. The van der Waals surface area contributed by atoms with Crippen molar-refractivity contribution in [2.45, 2.75) is 339 Å². The number of hydrogen-bond donors (Lipinski definition) is 7. The van der Waals surface area contributed by atoms with Gasteiger partial charge in [-0.2, -0.15) is 0 Å². The molecule has 1 saturated heterocycles. The van der Waals surface area contributed by atoms with E-state index >= 15 is 0 Å². The summed E-state index contributed by atoms with van der Waals surface area (Å²) in [7, 11) is 0. The second kappa shape index (κ2) is 46.5. The number of unbranched alkanes of at least 4 members (excludes halogenated alkanes) is 39. The van der Waals surface area contributed by atoms with Crippen molar-refractivity contribution in [3.8, 4) is 0 Å². The van der Waals surface area contributed by atoms with Crippen molar-refractivity contribution in [1.29, 1.82) is 0 Å². The highest BCUT2D eigenvalue weighted by atomic mass is 16.7. The van der Waals surface area contributed by atoms with E-state index in [0.29, 0.717) is 6.42 Å². The van der Waals surface area contributed by atoms with E-state index in [2.05, 4.69) is 19.2 Å². The van der Waals surface area contributed by atoms with Gasteiger partial charge in [0, 0.05) is 6.42 Å². The van der Waals surface area contributed by atoms with Crippen LogP contribution in [-0.4, -0.2) is 98.7 Å². The number of ether oxygens (including phenoxy) is 2. The zero-order chi connectivity index (χ0) is 48.1. The number of amides is 1. The lowest BCUT2D eigenvalue weighted by Crippen LogP contribution is -2.60. The van der Waals surface area contributed by atoms with Crippen LogP contribution < -0.4 is 5.32 Å². The van der Waals surface area contributed by atoms with E-state index in [0.717, 1.165) is 38.5 Å². The molecule has 0 aliphatic carbocycles. The monoisotopic (exact) mass is 942 g/mol. The minimum Gasteiger partial charge on any atom is -0.394 e. The molecule has 394 valence electrons. The second-order valence-corrected chi connectivity index (χ2v) is 20.6. The van der Waals surface area contributed by atoms with Gasteiger partial charge in [0.15, 0.2) is 6.29 Å². The first kappa shape index (κ1) is 63.2. The Morgan fingerprint density at radius 3 is 1.12 bits per heavy atom. The first-order valence-corrected chi connectivity index (χ1v) is 28.8. The molecule has 10 heteroatoms. The molecule has 7 N–H and O–H groups in total. The zero-order valence-corrected chi connectivity index (χ0v) is 43.3. The fourth-order valence-corrected chi connectivity index (χ4v) is 9.67. The number of nitrogens with one attached hydrogen (secondary N) is 1. The molecule has 0 radical (unpaired) electrons.